The lowest BCUT2D eigenvalue weighted by atomic mass is 9.90. The summed E-state index contributed by atoms with van der Waals surface area (Å²) in [6.45, 7) is 6.32. The van der Waals surface area contributed by atoms with Gasteiger partial charge in [0.1, 0.15) is 0 Å². The molecule has 1 nitrogen and oxygen atoms in total. The van der Waals surface area contributed by atoms with Crippen LogP contribution in [-0.4, -0.2) is 13.2 Å². The predicted octanol–water partition coefficient (Wildman–Crippen LogP) is 3.20. The molecule has 0 bridgehead atoms. The number of ether oxygens (including phenoxy) is 1. The van der Waals surface area contributed by atoms with E-state index in [1.807, 2.05) is 0 Å². The molecule has 16 heavy (non-hydrogen) atoms. The summed E-state index contributed by atoms with van der Waals surface area (Å²) in [4.78, 5) is 0. The van der Waals surface area contributed by atoms with Crippen molar-refractivity contribution < 1.29 is 4.74 Å². The van der Waals surface area contributed by atoms with Crippen molar-refractivity contribution in [1.29, 1.82) is 0 Å². The first-order chi connectivity index (χ1) is 7.68. The Kier molecular flexibility index (Phi) is 4.00. The Morgan fingerprint density at radius 1 is 1.25 bits per heavy atom. The standard InChI is InChI=1S/C14H21OP/c1-10(2)12-3-4-13(14(16)9-12)11-5-7-15-8-6-11/h3-4,9-11H,5-8,16H2,1-2H3. The van der Waals surface area contributed by atoms with Crippen LogP contribution in [0.5, 0.6) is 0 Å². The second kappa shape index (κ2) is 5.29. The van der Waals surface area contributed by atoms with E-state index in [1.54, 1.807) is 0 Å². The van der Waals surface area contributed by atoms with Crippen LogP contribution in [0.2, 0.25) is 0 Å². The molecule has 1 atom stereocenters. The van der Waals surface area contributed by atoms with Gasteiger partial charge in [-0.15, -0.1) is 9.24 Å². The van der Waals surface area contributed by atoms with E-state index in [2.05, 4.69) is 41.3 Å². The molecule has 1 heterocycles. The molecule has 2 rings (SSSR count). The third kappa shape index (κ3) is 2.64. The van der Waals surface area contributed by atoms with Gasteiger partial charge in [0.15, 0.2) is 0 Å². The zero-order valence-electron chi connectivity index (χ0n) is 10.2. The summed E-state index contributed by atoms with van der Waals surface area (Å²) in [5, 5.41) is 1.37. The molecule has 0 N–H and O–H groups in total. The molecule has 1 aliphatic heterocycles. The van der Waals surface area contributed by atoms with Gasteiger partial charge in [0.25, 0.3) is 0 Å². The molecule has 1 aromatic carbocycles. The lowest BCUT2D eigenvalue weighted by molar-refractivity contribution is 0.0855. The van der Waals surface area contributed by atoms with Gasteiger partial charge in [0.05, 0.1) is 0 Å². The Balaban J connectivity index is 2.21. The molecule has 2 heteroatoms. The average molecular weight is 236 g/mol. The molecule has 0 spiro atoms. The van der Waals surface area contributed by atoms with Gasteiger partial charge in [-0.05, 0) is 41.1 Å². The average Bonchev–Trinajstić information content (AvgIpc) is 2.30. The highest BCUT2D eigenvalue weighted by molar-refractivity contribution is 7.27. The molecular formula is C14H21OP. The van der Waals surface area contributed by atoms with Crippen LogP contribution < -0.4 is 5.30 Å². The van der Waals surface area contributed by atoms with Gasteiger partial charge >= 0.3 is 0 Å². The molecule has 0 aliphatic carbocycles. The van der Waals surface area contributed by atoms with Crippen LogP contribution in [0.1, 0.15) is 49.7 Å². The molecular weight excluding hydrogens is 215 g/mol. The minimum Gasteiger partial charge on any atom is -0.381 e. The minimum atomic E-state index is 0.614. The first-order valence-electron chi connectivity index (χ1n) is 6.15. The molecule has 1 fully saturated rings. The third-order valence-corrected chi connectivity index (χ3v) is 3.94. The Morgan fingerprint density at radius 3 is 2.50 bits per heavy atom. The Morgan fingerprint density at radius 2 is 1.94 bits per heavy atom. The topological polar surface area (TPSA) is 9.23 Å². The molecule has 88 valence electrons. The summed E-state index contributed by atoms with van der Waals surface area (Å²) in [5.74, 6) is 1.31. The molecule has 0 saturated carbocycles. The largest absolute Gasteiger partial charge is 0.381 e. The van der Waals surface area contributed by atoms with Gasteiger partial charge in [0.2, 0.25) is 0 Å². The zero-order valence-corrected chi connectivity index (χ0v) is 11.4. The van der Waals surface area contributed by atoms with Crippen molar-refractivity contribution in [3.05, 3.63) is 29.3 Å². The van der Waals surface area contributed by atoms with Crippen LogP contribution >= 0.6 is 9.24 Å². The molecule has 0 radical (unpaired) electrons. The number of rotatable bonds is 2. The van der Waals surface area contributed by atoms with Crippen LogP contribution in [-0.2, 0) is 4.74 Å². The highest BCUT2D eigenvalue weighted by atomic mass is 31.0. The molecule has 1 saturated heterocycles. The monoisotopic (exact) mass is 236 g/mol. The fourth-order valence-corrected chi connectivity index (χ4v) is 2.86. The number of hydrogen-bond acceptors (Lipinski definition) is 1. The second-order valence-corrected chi connectivity index (χ2v) is 5.55. The van der Waals surface area contributed by atoms with E-state index in [9.17, 15) is 0 Å². The molecule has 1 unspecified atom stereocenters. The van der Waals surface area contributed by atoms with E-state index in [4.69, 9.17) is 4.74 Å². The highest BCUT2D eigenvalue weighted by Crippen LogP contribution is 2.27. The Bertz CT molecular complexity index is 354. The maximum Gasteiger partial charge on any atom is 0.0471 e. The fraction of sp³-hybridized carbons (Fsp3) is 0.571. The van der Waals surface area contributed by atoms with Gasteiger partial charge < -0.3 is 4.74 Å². The summed E-state index contributed by atoms with van der Waals surface area (Å²) in [6.07, 6.45) is 2.34. The van der Waals surface area contributed by atoms with Crippen LogP contribution in [0, 0.1) is 0 Å². The van der Waals surface area contributed by atoms with Gasteiger partial charge in [0, 0.05) is 13.2 Å². The van der Waals surface area contributed by atoms with E-state index in [0.717, 1.165) is 13.2 Å². The quantitative estimate of drug-likeness (QED) is 0.716. The third-order valence-electron chi connectivity index (χ3n) is 3.44. The smallest absolute Gasteiger partial charge is 0.0471 e. The summed E-state index contributed by atoms with van der Waals surface area (Å²) in [6, 6.07) is 6.91. The van der Waals surface area contributed by atoms with Crippen LogP contribution in [0.4, 0.5) is 0 Å². The van der Waals surface area contributed by atoms with E-state index >= 15 is 0 Å². The molecule has 1 aromatic rings. The molecule has 1 aliphatic rings. The van der Waals surface area contributed by atoms with Gasteiger partial charge in [-0.1, -0.05) is 32.0 Å². The SMILES string of the molecule is CC(C)c1ccc(C2CCOCC2)c(P)c1. The van der Waals surface area contributed by atoms with Crippen molar-refractivity contribution in [2.45, 2.75) is 38.5 Å². The van der Waals surface area contributed by atoms with Crippen molar-refractivity contribution in [2.75, 3.05) is 13.2 Å². The van der Waals surface area contributed by atoms with Crippen molar-refractivity contribution in [3.63, 3.8) is 0 Å². The maximum atomic E-state index is 5.42. The van der Waals surface area contributed by atoms with Crippen molar-refractivity contribution >= 4 is 14.5 Å². The second-order valence-electron chi connectivity index (χ2n) is 4.93. The van der Waals surface area contributed by atoms with Crippen LogP contribution in [0.25, 0.3) is 0 Å². The van der Waals surface area contributed by atoms with E-state index in [1.165, 1.54) is 29.3 Å². The lowest BCUT2D eigenvalue weighted by Gasteiger charge is -2.24. The summed E-state index contributed by atoms with van der Waals surface area (Å²) < 4.78 is 5.42. The summed E-state index contributed by atoms with van der Waals surface area (Å²) >= 11 is 0. The predicted molar refractivity (Wildman–Crippen MR) is 72.7 cm³/mol. The number of hydrogen-bond donors (Lipinski definition) is 0. The van der Waals surface area contributed by atoms with Crippen molar-refractivity contribution in [3.8, 4) is 0 Å². The van der Waals surface area contributed by atoms with Crippen LogP contribution in [0.15, 0.2) is 18.2 Å². The van der Waals surface area contributed by atoms with Gasteiger partial charge in [-0.25, -0.2) is 0 Å². The summed E-state index contributed by atoms with van der Waals surface area (Å²) in [5.41, 5.74) is 2.93. The first-order valence-corrected chi connectivity index (χ1v) is 6.73. The molecule has 0 amide bonds. The molecule has 0 aromatic heterocycles. The lowest BCUT2D eigenvalue weighted by Crippen LogP contribution is -2.18. The van der Waals surface area contributed by atoms with E-state index in [-0.39, 0.29) is 0 Å². The van der Waals surface area contributed by atoms with Crippen molar-refractivity contribution in [2.24, 2.45) is 0 Å². The Hall–Kier alpha value is -0.390. The normalized spacial score (nSPS) is 18.0. The fourth-order valence-electron chi connectivity index (χ4n) is 2.33. The first kappa shape index (κ1) is 12.1. The van der Waals surface area contributed by atoms with E-state index < -0.39 is 0 Å². The van der Waals surface area contributed by atoms with Gasteiger partial charge in [-0.2, -0.15) is 0 Å². The zero-order chi connectivity index (χ0) is 11.5. The Labute approximate surface area is 101 Å². The van der Waals surface area contributed by atoms with Crippen LogP contribution in [0.3, 0.4) is 0 Å². The summed E-state index contributed by atoms with van der Waals surface area (Å²) in [7, 11) is 2.90. The maximum absolute atomic E-state index is 5.42. The minimum absolute atomic E-state index is 0.614. The number of benzene rings is 1. The highest BCUT2D eigenvalue weighted by Gasteiger charge is 2.17. The van der Waals surface area contributed by atoms with Gasteiger partial charge in [-0.3, -0.25) is 0 Å². The van der Waals surface area contributed by atoms with E-state index in [0.29, 0.717) is 11.8 Å². The van der Waals surface area contributed by atoms with Crippen molar-refractivity contribution in [1.82, 2.24) is 0 Å².